The number of pyridine rings is 1. The van der Waals surface area contributed by atoms with Gasteiger partial charge in [0.25, 0.3) is 0 Å². The number of amides is 2. The zero-order valence-electron chi connectivity index (χ0n) is 15.2. The van der Waals surface area contributed by atoms with E-state index in [1.807, 2.05) is 0 Å². The van der Waals surface area contributed by atoms with Crippen molar-refractivity contribution in [2.45, 2.75) is 52.3 Å². The smallest absolute Gasteiger partial charge is 0.408 e. The molecule has 1 aromatic heterocycles. The minimum Gasteiger partial charge on any atom is -0.459 e. The zero-order chi connectivity index (χ0) is 19.0. The highest BCUT2D eigenvalue weighted by atomic mass is 16.6. The van der Waals surface area contributed by atoms with Crippen LogP contribution in [0.25, 0.3) is 0 Å². The summed E-state index contributed by atoms with van der Waals surface area (Å²) in [6.07, 6.45) is 1.78. The first-order valence-corrected chi connectivity index (χ1v) is 7.95. The summed E-state index contributed by atoms with van der Waals surface area (Å²) < 4.78 is 10.1. The van der Waals surface area contributed by atoms with Gasteiger partial charge in [-0.1, -0.05) is 0 Å². The largest absolute Gasteiger partial charge is 0.459 e. The molecule has 1 atom stereocenters. The highest BCUT2D eigenvalue weighted by Crippen LogP contribution is 2.03. The third-order valence-corrected chi connectivity index (χ3v) is 2.73. The van der Waals surface area contributed by atoms with E-state index in [2.05, 4.69) is 15.6 Å². The van der Waals surface area contributed by atoms with Crippen molar-refractivity contribution < 1.29 is 23.9 Å². The summed E-state index contributed by atoms with van der Waals surface area (Å²) in [7, 11) is 0. The molecule has 0 aromatic carbocycles. The van der Waals surface area contributed by atoms with Crippen LogP contribution in [0.5, 0.6) is 0 Å². The van der Waals surface area contributed by atoms with E-state index in [-0.39, 0.29) is 18.3 Å². The van der Waals surface area contributed by atoms with E-state index in [1.54, 1.807) is 46.8 Å². The maximum atomic E-state index is 12.3. The Morgan fingerprint density at radius 3 is 2.44 bits per heavy atom. The first kappa shape index (κ1) is 20.4. The van der Waals surface area contributed by atoms with E-state index in [1.165, 1.54) is 12.4 Å². The number of hydrogen-bond acceptors (Lipinski definition) is 6. The molecule has 0 aliphatic carbocycles. The molecule has 2 N–H and O–H groups in total. The second kappa shape index (κ2) is 9.00. The van der Waals surface area contributed by atoms with Gasteiger partial charge in [0.05, 0.1) is 11.7 Å². The van der Waals surface area contributed by atoms with Crippen molar-refractivity contribution in [2.24, 2.45) is 0 Å². The molecule has 0 saturated heterocycles. The molecule has 0 saturated carbocycles. The second-order valence-electron chi connectivity index (χ2n) is 6.73. The maximum Gasteiger partial charge on any atom is 0.408 e. The molecule has 0 bridgehead atoms. The molecule has 0 radical (unpaired) electrons. The van der Waals surface area contributed by atoms with Crippen molar-refractivity contribution in [3.05, 3.63) is 30.1 Å². The summed E-state index contributed by atoms with van der Waals surface area (Å²) in [5.74, 6) is -1.12. The lowest BCUT2D eigenvalue weighted by atomic mass is 10.1. The number of aromatic nitrogens is 1. The van der Waals surface area contributed by atoms with E-state index >= 15 is 0 Å². The van der Waals surface area contributed by atoms with Crippen molar-refractivity contribution in [1.82, 2.24) is 15.6 Å². The van der Waals surface area contributed by atoms with Gasteiger partial charge < -0.3 is 20.1 Å². The number of hydrogen-bond donors (Lipinski definition) is 2. The Bertz CT molecular complexity index is 596. The molecule has 1 aromatic rings. The lowest BCUT2D eigenvalue weighted by Crippen LogP contribution is -2.54. The van der Waals surface area contributed by atoms with Gasteiger partial charge in [0.15, 0.2) is 0 Å². The normalized spacial score (nSPS) is 12.2. The van der Waals surface area contributed by atoms with Crippen LogP contribution >= 0.6 is 0 Å². The Morgan fingerprint density at radius 1 is 1.24 bits per heavy atom. The predicted molar refractivity (Wildman–Crippen MR) is 91.0 cm³/mol. The summed E-state index contributed by atoms with van der Waals surface area (Å²) in [4.78, 5) is 39.9. The molecule has 0 aliphatic rings. The van der Waals surface area contributed by atoms with Crippen molar-refractivity contribution in [3.63, 3.8) is 0 Å². The summed E-state index contributed by atoms with van der Waals surface area (Å²) >= 11 is 0. The van der Waals surface area contributed by atoms with Crippen LogP contribution in [-0.4, -0.2) is 47.2 Å². The summed E-state index contributed by atoms with van der Waals surface area (Å²) in [5.41, 5.74) is -0.256. The highest BCUT2D eigenvalue weighted by molar-refractivity contribution is 5.90. The first-order valence-electron chi connectivity index (χ1n) is 7.95. The zero-order valence-corrected chi connectivity index (χ0v) is 15.2. The number of esters is 1. The molecular weight excluding hydrogens is 326 g/mol. The highest BCUT2D eigenvalue weighted by Gasteiger charge is 2.27. The average Bonchev–Trinajstić information content (AvgIpc) is 2.49. The standard InChI is InChI=1S/C17H25N3O5/c1-11(2)25-16(23)19-13(14(21)20-17(3,4)5)10-24-15(22)12-7-6-8-18-9-12/h6-9,11,13H,10H2,1-5H3,(H,19,23)(H,20,21)/t13-/m0/s1. The monoisotopic (exact) mass is 351 g/mol. The Hall–Kier alpha value is -2.64. The molecule has 1 rings (SSSR count). The van der Waals surface area contributed by atoms with Crippen molar-refractivity contribution >= 4 is 18.0 Å². The lowest BCUT2D eigenvalue weighted by Gasteiger charge is -2.25. The van der Waals surface area contributed by atoms with Crippen molar-refractivity contribution in [2.75, 3.05) is 6.61 Å². The van der Waals surface area contributed by atoms with Crippen molar-refractivity contribution in [1.29, 1.82) is 0 Å². The van der Waals surface area contributed by atoms with Gasteiger partial charge in [-0.3, -0.25) is 9.78 Å². The second-order valence-corrected chi connectivity index (χ2v) is 6.73. The molecule has 2 amide bonds. The molecule has 8 heteroatoms. The first-order chi connectivity index (χ1) is 11.6. The molecule has 1 heterocycles. The van der Waals surface area contributed by atoms with Gasteiger partial charge in [0.2, 0.25) is 5.91 Å². The van der Waals surface area contributed by atoms with Crippen LogP contribution in [0.15, 0.2) is 24.5 Å². The van der Waals surface area contributed by atoms with E-state index in [9.17, 15) is 14.4 Å². The summed E-state index contributed by atoms with van der Waals surface area (Å²) in [5, 5.41) is 5.14. The van der Waals surface area contributed by atoms with Crippen LogP contribution in [0.2, 0.25) is 0 Å². The third-order valence-electron chi connectivity index (χ3n) is 2.73. The fourth-order valence-electron chi connectivity index (χ4n) is 1.76. The minimum atomic E-state index is -1.08. The fourth-order valence-corrected chi connectivity index (χ4v) is 1.76. The minimum absolute atomic E-state index is 0.252. The number of alkyl carbamates (subject to hydrolysis) is 1. The van der Waals surface area contributed by atoms with E-state index in [0.29, 0.717) is 0 Å². The number of carbonyl (C=O) groups excluding carboxylic acids is 3. The van der Waals surface area contributed by atoms with Crippen LogP contribution in [0, 0.1) is 0 Å². The summed E-state index contributed by atoms with van der Waals surface area (Å²) in [6, 6.07) is 2.06. The topological polar surface area (TPSA) is 107 Å². The van der Waals surface area contributed by atoms with Gasteiger partial charge in [0.1, 0.15) is 12.6 Å². The number of rotatable bonds is 6. The van der Waals surface area contributed by atoms with Crippen molar-refractivity contribution in [3.8, 4) is 0 Å². The molecule has 0 spiro atoms. The Morgan fingerprint density at radius 2 is 1.92 bits per heavy atom. The molecular formula is C17H25N3O5. The maximum absolute atomic E-state index is 12.3. The SMILES string of the molecule is CC(C)OC(=O)N[C@@H](COC(=O)c1cccnc1)C(=O)NC(C)(C)C. The van der Waals surface area contributed by atoms with Crippen LogP contribution in [-0.2, 0) is 14.3 Å². The Kier molecular flexibility index (Phi) is 7.35. The molecule has 138 valence electrons. The molecule has 0 fully saturated rings. The quantitative estimate of drug-likeness (QED) is 0.755. The van der Waals surface area contributed by atoms with Gasteiger partial charge in [-0.25, -0.2) is 9.59 Å². The van der Waals surface area contributed by atoms with Crippen LogP contribution in [0.3, 0.4) is 0 Å². The Labute approximate surface area is 147 Å². The number of nitrogens with one attached hydrogen (secondary N) is 2. The number of carbonyl (C=O) groups is 3. The average molecular weight is 351 g/mol. The van der Waals surface area contributed by atoms with Gasteiger partial charge in [-0.05, 0) is 46.8 Å². The third kappa shape index (κ3) is 8.14. The lowest BCUT2D eigenvalue weighted by molar-refractivity contribution is -0.125. The number of nitrogens with zero attached hydrogens (tertiary/aromatic N) is 1. The van der Waals surface area contributed by atoms with Gasteiger partial charge in [0, 0.05) is 17.9 Å². The van der Waals surface area contributed by atoms with Gasteiger partial charge in [-0.2, -0.15) is 0 Å². The van der Waals surface area contributed by atoms with E-state index < -0.39 is 29.6 Å². The number of ether oxygens (including phenoxy) is 2. The summed E-state index contributed by atoms with van der Waals surface area (Å²) in [6.45, 7) is 8.45. The molecule has 8 nitrogen and oxygen atoms in total. The van der Waals surface area contributed by atoms with E-state index in [4.69, 9.17) is 9.47 Å². The van der Waals surface area contributed by atoms with Crippen LogP contribution in [0.1, 0.15) is 45.0 Å². The molecule has 0 aliphatic heterocycles. The predicted octanol–water partition coefficient (Wildman–Crippen LogP) is 1.66. The van der Waals surface area contributed by atoms with Crippen LogP contribution in [0.4, 0.5) is 4.79 Å². The van der Waals surface area contributed by atoms with Gasteiger partial charge >= 0.3 is 12.1 Å². The fraction of sp³-hybridized carbons (Fsp3) is 0.529. The molecule has 0 unspecified atom stereocenters. The van der Waals surface area contributed by atoms with Gasteiger partial charge in [-0.15, -0.1) is 0 Å². The molecule has 25 heavy (non-hydrogen) atoms. The van der Waals surface area contributed by atoms with Crippen LogP contribution < -0.4 is 10.6 Å². The Balaban J connectivity index is 2.74. The van der Waals surface area contributed by atoms with E-state index in [0.717, 1.165) is 0 Å².